The van der Waals surface area contributed by atoms with Crippen molar-refractivity contribution in [3.8, 4) is 0 Å². The zero-order chi connectivity index (χ0) is 16.9. The molecule has 0 fully saturated rings. The van der Waals surface area contributed by atoms with Crippen LogP contribution in [0.25, 0.3) is 0 Å². The number of carbonyl (C=O) groups excluding carboxylic acids is 1. The minimum Gasteiger partial charge on any atom is -0.339 e. The van der Waals surface area contributed by atoms with Gasteiger partial charge in [0.25, 0.3) is 5.91 Å². The molecule has 0 unspecified atom stereocenters. The predicted molar refractivity (Wildman–Crippen MR) is 95.7 cm³/mol. The predicted octanol–water partition coefficient (Wildman–Crippen LogP) is 3.81. The Balaban J connectivity index is 1.72. The Morgan fingerprint density at radius 2 is 1.62 bits per heavy atom. The molecule has 0 aliphatic carbocycles. The molecule has 3 aromatic rings. The summed E-state index contributed by atoms with van der Waals surface area (Å²) in [5.74, 6) is 0.397. The van der Waals surface area contributed by atoms with E-state index in [-0.39, 0.29) is 5.91 Å². The molecule has 0 aliphatic rings. The molecule has 0 bridgehead atoms. The fraction of sp³-hybridized carbons (Fsp3) is 0.105. The van der Waals surface area contributed by atoms with Crippen LogP contribution in [0.2, 0.25) is 0 Å². The molecule has 5 nitrogen and oxygen atoms in total. The van der Waals surface area contributed by atoms with Crippen molar-refractivity contribution in [2.75, 3.05) is 17.3 Å². The minimum atomic E-state index is -0.199. The molecule has 24 heavy (non-hydrogen) atoms. The maximum atomic E-state index is 12.5. The van der Waals surface area contributed by atoms with Crippen molar-refractivity contribution >= 4 is 23.1 Å². The molecule has 5 heteroatoms. The maximum Gasteiger partial charge on any atom is 0.278 e. The van der Waals surface area contributed by atoms with Gasteiger partial charge >= 0.3 is 0 Å². The molecule has 1 N–H and O–H groups in total. The fourth-order valence-electron chi connectivity index (χ4n) is 2.24. The van der Waals surface area contributed by atoms with Crippen molar-refractivity contribution in [1.29, 1.82) is 0 Å². The van der Waals surface area contributed by atoms with Gasteiger partial charge in [-0.15, -0.1) is 10.2 Å². The third-order valence-electron chi connectivity index (χ3n) is 3.66. The first-order valence-electron chi connectivity index (χ1n) is 7.64. The van der Waals surface area contributed by atoms with E-state index < -0.39 is 0 Å². The topological polar surface area (TPSA) is 58.1 Å². The number of anilines is 3. The number of hydrogen-bond acceptors (Lipinski definition) is 4. The quantitative estimate of drug-likeness (QED) is 0.795. The number of amides is 1. The van der Waals surface area contributed by atoms with Crippen molar-refractivity contribution in [2.45, 2.75) is 6.92 Å². The normalized spacial score (nSPS) is 10.2. The number of carbonyl (C=O) groups is 1. The van der Waals surface area contributed by atoms with E-state index >= 15 is 0 Å². The summed E-state index contributed by atoms with van der Waals surface area (Å²) in [7, 11) is 1.72. The monoisotopic (exact) mass is 318 g/mol. The van der Waals surface area contributed by atoms with Gasteiger partial charge in [-0.1, -0.05) is 35.9 Å². The van der Waals surface area contributed by atoms with Crippen LogP contribution in [-0.4, -0.2) is 23.2 Å². The second kappa shape index (κ2) is 6.91. The van der Waals surface area contributed by atoms with Crippen LogP contribution in [0.5, 0.6) is 0 Å². The standard InChI is InChI=1S/C19H18N4O/c1-14-8-10-15(11-9-14)20-18-13-12-17(21-22-18)19(24)23(2)16-6-4-3-5-7-16/h3-13H,1-2H3,(H,20,22). The summed E-state index contributed by atoms with van der Waals surface area (Å²) in [6.07, 6.45) is 0. The Morgan fingerprint density at radius 3 is 2.25 bits per heavy atom. The van der Waals surface area contributed by atoms with Gasteiger partial charge in [-0.25, -0.2) is 0 Å². The van der Waals surface area contributed by atoms with Gasteiger partial charge in [0.2, 0.25) is 0 Å². The molecule has 1 amide bonds. The third kappa shape index (κ3) is 3.57. The van der Waals surface area contributed by atoms with Crippen molar-refractivity contribution in [2.24, 2.45) is 0 Å². The van der Waals surface area contributed by atoms with Crippen LogP contribution < -0.4 is 10.2 Å². The first-order chi connectivity index (χ1) is 11.6. The molecule has 0 atom stereocenters. The second-order valence-electron chi connectivity index (χ2n) is 5.49. The van der Waals surface area contributed by atoms with Crippen LogP contribution in [-0.2, 0) is 0 Å². The van der Waals surface area contributed by atoms with E-state index in [1.807, 2.05) is 61.5 Å². The van der Waals surface area contributed by atoms with Crippen LogP contribution in [0.4, 0.5) is 17.2 Å². The molecule has 120 valence electrons. The molecular formula is C19H18N4O. The van der Waals surface area contributed by atoms with Crippen molar-refractivity contribution in [3.63, 3.8) is 0 Å². The van der Waals surface area contributed by atoms with Crippen molar-refractivity contribution < 1.29 is 4.79 Å². The minimum absolute atomic E-state index is 0.199. The van der Waals surface area contributed by atoms with E-state index in [4.69, 9.17) is 0 Å². The molecule has 0 saturated carbocycles. The Morgan fingerprint density at radius 1 is 0.917 bits per heavy atom. The van der Waals surface area contributed by atoms with E-state index in [1.165, 1.54) is 5.56 Å². The molecule has 0 radical (unpaired) electrons. The highest BCUT2D eigenvalue weighted by molar-refractivity contribution is 6.04. The highest BCUT2D eigenvalue weighted by Gasteiger charge is 2.15. The average molecular weight is 318 g/mol. The van der Waals surface area contributed by atoms with E-state index in [9.17, 15) is 4.79 Å². The number of hydrogen-bond donors (Lipinski definition) is 1. The van der Waals surface area contributed by atoms with Crippen LogP contribution >= 0.6 is 0 Å². The number of para-hydroxylation sites is 1. The van der Waals surface area contributed by atoms with Gasteiger partial charge in [0.05, 0.1) is 0 Å². The van der Waals surface area contributed by atoms with Crippen LogP contribution in [0.15, 0.2) is 66.7 Å². The smallest absolute Gasteiger partial charge is 0.278 e. The van der Waals surface area contributed by atoms with Crippen molar-refractivity contribution in [3.05, 3.63) is 78.0 Å². The van der Waals surface area contributed by atoms with Gasteiger partial charge in [-0.3, -0.25) is 4.79 Å². The van der Waals surface area contributed by atoms with E-state index in [2.05, 4.69) is 15.5 Å². The third-order valence-corrected chi connectivity index (χ3v) is 3.66. The summed E-state index contributed by atoms with van der Waals surface area (Å²) < 4.78 is 0. The first kappa shape index (κ1) is 15.7. The lowest BCUT2D eigenvalue weighted by molar-refractivity contribution is 0.0987. The summed E-state index contributed by atoms with van der Waals surface area (Å²) >= 11 is 0. The Bertz CT molecular complexity index is 814. The largest absolute Gasteiger partial charge is 0.339 e. The van der Waals surface area contributed by atoms with Gasteiger partial charge in [0.15, 0.2) is 11.5 Å². The molecule has 1 aromatic heterocycles. The zero-order valence-corrected chi connectivity index (χ0v) is 13.6. The number of nitrogens with one attached hydrogen (secondary N) is 1. The summed E-state index contributed by atoms with van der Waals surface area (Å²) in [5.41, 5.74) is 3.23. The second-order valence-corrected chi connectivity index (χ2v) is 5.49. The lowest BCUT2D eigenvalue weighted by Gasteiger charge is -2.16. The SMILES string of the molecule is Cc1ccc(Nc2ccc(C(=O)N(C)c3ccccc3)nn2)cc1. The number of aryl methyl sites for hydroxylation is 1. The van der Waals surface area contributed by atoms with Crippen LogP contribution in [0.3, 0.4) is 0 Å². The van der Waals surface area contributed by atoms with Gasteiger partial charge in [-0.2, -0.15) is 0 Å². The Kier molecular flexibility index (Phi) is 4.52. The number of aromatic nitrogens is 2. The number of rotatable bonds is 4. The lowest BCUT2D eigenvalue weighted by atomic mass is 10.2. The van der Waals surface area contributed by atoms with Gasteiger partial charge in [0.1, 0.15) is 0 Å². The van der Waals surface area contributed by atoms with Crippen LogP contribution in [0, 0.1) is 6.92 Å². The van der Waals surface area contributed by atoms with E-state index in [0.29, 0.717) is 11.5 Å². The molecule has 2 aromatic carbocycles. The van der Waals surface area contributed by atoms with Crippen LogP contribution in [0.1, 0.15) is 16.1 Å². The summed E-state index contributed by atoms with van der Waals surface area (Å²) in [4.78, 5) is 14.0. The number of benzene rings is 2. The average Bonchev–Trinajstić information content (AvgIpc) is 2.64. The molecule has 1 heterocycles. The van der Waals surface area contributed by atoms with Crippen molar-refractivity contribution in [1.82, 2.24) is 10.2 Å². The highest BCUT2D eigenvalue weighted by atomic mass is 16.2. The molecule has 0 saturated heterocycles. The van der Waals surface area contributed by atoms with Gasteiger partial charge in [0, 0.05) is 18.4 Å². The lowest BCUT2D eigenvalue weighted by Crippen LogP contribution is -2.27. The molecule has 0 aliphatic heterocycles. The zero-order valence-electron chi connectivity index (χ0n) is 13.6. The fourth-order valence-corrected chi connectivity index (χ4v) is 2.24. The molecular weight excluding hydrogens is 300 g/mol. The summed E-state index contributed by atoms with van der Waals surface area (Å²) in [5, 5.41) is 11.3. The van der Waals surface area contributed by atoms with Gasteiger partial charge in [-0.05, 0) is 43.3 Å². The van der Waals surface area contributed by atoms with E-state index in [0.717, 1.165) is 11.4 Å². The number of nitrogens with zero attached hydrogens (tertiary/aromatic N) is 3. The maximum absolute atomic E-state index is 12.5. The van der Waals surface area contributed by atoms with E-state index in [1.54, 1.807) is 24.1 Å². The Labute approximate surface area is 141 Å². The van der Waals surface area contributed by atoms with Gasteiger partial charge < -0.3 is 10.2 Å². The Hall–Kier alpha value is -3.21. The summed E-state index contributed by atoms with van der Waals surface area (Å²) in [6, 6.07) is 20.8. The highest BCUT2D eigenvalue weighted by Crippen LogP contribution is 2.16. The first-order valence-corrected chi connectivity index (χ1v) is 7.64. The summed E-state index contributed by atoms with van der Waals surface area (Å²) in [6.45, 7) is 2.03. The molecule has 3 rings (SSSR count). The molecule has 0 spiro atoms.